The van der Waals surface area contributed by atoms with Gasteiger partial charge in [-0.05, 0) is 47.2 Å². The van der Waals surface area contributed by atoms with E-state index in [1.54, 1.807) is 24.3 Å². The molecule has 0 fully saturated rings. The average molecular weight is 353 g/mol. The number of carbonyl (C=O) groups excluding carboxylic acids is 1. The van der Waals surface area contributed by atoms with Gasteiger partial charge < -0.3 is 5.32 Å². The number of hydrogen-bond donors (Lipinski definition) is 1. The number of nitriles is 1. The largest absolute Gasteiger partial charge is 0.321 e. The normalized spacial score (nSPS) is 11.8. The molecule has 0 saturated heterocycles. The standard InChI is InChI=1S/C21H21ClN2O/c1-14-18(22)6-5-7-19(14)24-20(25)16(13-23)12-15-8-10-17(11-9-15)21(2,3)4/h5-12H,1-4H3,(H,24,25). The van der Waals surface area contributed by atoms with Gasteiger partial charge in [0.25, 0.3) is 5.91 Å². The fourth-order valence-electron chi connectivity index (χ4n) is 2.33. The molecule has 0 saturated carbocycles. The maximum absolute atomic E-state index is 12.4. The summed E-state index contributed by atoms with van der Waals surface area (Å²) >= 11 is 6.06. The molecule has 0 atom stereocenters. The van der Waals surface area contributed by atoms with Crippen molar-refractivity contribution in [3.05, 3.63) is 69.8 Å². The van der Waals surface area contributed by atoms with E-state index in [2.05, 4.69) is 26.1 Å². The highest BCUT2D eigenvalue weighted by Crippen LogP contribution is 2.24. The third-order valence-electron chi connectivity index (χ3n) is 3.97. The Bertz CT molecular complexity index is 853. The Morgan fingerprint density at radius 1 is 1.16 bits per heavy atom. The molecular formula is C21H21ClN2O. The first-order chi connectivity index (χ1) is 11.7. The molecule has 0 aromatic heterocycles. The second-order valence-corrected chi connectivity index (χ2v) is 7.32. The van der Waals surface area contributed by atoms with Crippen LogP contribution in [0.2, 0.25) is 5.02 Å². The van der Waals surface area contributed by atoms with Crippen LogP contribution in [0.5, 0.6) is 0 Å². The van der Waals surface area contributed by atoms with Gasteiger partial charge >= 0.3 is 0 Å². The highest BCUT2D eigenvalue weighted by molar-refractivity contribution is 6.31. The lowest BCUT2D eigenvalue weighted by atomic mass is 9.86. The molecule has 2 aromatic rings. The molecule has 0 bridgehead atoms. The van der Waals surface area contributed by atoms with Gasteiger partial charge in [-0.2, -0.15) is 5.26 Å². The molecule has 0 heterocycles. The van der Waals surface area contributed by atoms with Crippen LogP contribution < -0.4 is 5.32 Å². The second kappa shape index (κ2) is 7.55. The molecule has 2 aromatic carbocycles. The Labute approximate surface area is 153 Å². The third kappa shape index (κ3) is 4.71. The number of rotatable bonds is 3. The van der Waals surface area contributed by atoms with E-state index in [0.717, 1.165) is 11.1 Å². The van der Waals surface area contributed by atoms with Gasteiger partial charge in [0.15, 0.2) is 0 Å². The number of halogens is 1. The zero-order valence-electron chi connectivity index (χ0n) is 14.9. The van der Waals surface area contributed by atoms with Crippen LogP contribution >= 0.6 is 11.6 Å². The summed E-state index contributed by atoms with van der Waals surface area (Å²) in [5, 5.41) is 12.6. The van der Waals surface area contributed by atoms with Crippen molar-refractivity contribution in [1.29, 1.82) is 5.26 Å². The van der Waals surface area contributed by atoms with Crippen LogP contribution in [-0.2, 0) is 10.2 Å². The summed E-state index contributed by atoms with van der Waals surface area (Å²) in [5.74, 6) is -0.451. The number of hydrogen-bond acceptors (Lipinski definition) is 2. The van der Waals surface area contributed by atoms with Crippen molar-refractivity contribution in [3.8, 4) is 6.07 Å². The van der Waals surface area contributed by atoms with E-state index < -0.39 is 5.91 Å². The fourth-order valence-corrected chi connectivity index (χ4v) is 2.50. The third-order valence-corrected chi connectivity index (χ3v) is 4.38. The molecular weight excluding hydrogens is 332 g/mol. The number of anilines is 1. The monoisotopic (exact) mass is 352 g/mol. The van der Waals surface area contributed by atoms with Crippen molar-refractivity contribution in [1.82, 2.24) is 0 Å². The summed E-state index contributed by atoms with van der Waals surface area (Å²) in [5.41, 5.74) is 3.47. The van der Waals surface area contributed by atoms with Gasteiger partial charge in [0.05, 0.1) is 0 Å². The highest BCUT2D eigenvalue weighted by Gasteiger charge is 2.14. The van der Waals surface area contributed by atoms with Gasteiger partial charge in [-0.25, -0.2) is 0 Å². The van der Waals surface area contributed by atoms with Gasteiger partial charge in [-0.15, -0.1) is 0 Å². The Balaban J connectivity index is 2.24. The number of benzene rings is 2. The summed E-state index contributed by atoms with van der Waals surface area (Å²) in [4.78, 5) is 12.4. The smallest absolute Gasteiger partial charge is 0.266 e. The molecule has 0 radical (unpaired) electrons. The minimum absolute atomic E-state index is 0.0443. The maximum Gasteiger partial charge on any atom is 0.266 e. The van der Waals surface area contributed by atoms with E-state index in [0.29, 0.717) is 10.7 Å². The van der Waals surface area contributed by atoms with Gasteiger partial charge in [0, 0.05) is 10.7 Å². The van der Waals surface area contributed by atoms with Crippen LogP contribution in [-0.4, -0.2) is 5.91 Å². The summed E-state index contributed by atoms with van der Waals surface area (Å²) in [6.07, 6.45) is 1.58. The zero-order valence-corrected chi connectivity index (χ0v) is 15.6. The van der Waals surface area contributed by atoms with Crippen LogP contribution in [0.25, 0.3) is 6.08 Å². The number of carbonyl (C=O) groups is 1. The minimum atomic E-state index is -0.451. The van der Waals surface area contributed by atoms with Gasteiger partial charge in [-0.3, -0.25) is 4.79 Å². The molecule has 1 N–H and O–H groups in total. The van der Waals surface area contributed by atoms with Crippen molar-refractivity contribution in [2.75, 3.05) is 5.32 Å². The molecule has 128 valence electrons. The lowest BCUT2D eigenvalue weighted by molar-refractivity contribution is -0.112. The molecule has 0 spiro atoms. The van der Waals surface area contributed by atoms with Crippen molar-refractivity contribution in [2.45, 2.75) is 33.1 Å². The first-order valence-electron chi connectivity index (χ1n) is 8.01. The topological polar surface area (TPSA) is 52.9 Å². The fraction of sp³-hybridized carbons (Fsp3) is 0.238. The van der Waals surface area contributed by atoms with Crippen LogP contribution in [0.4, 0.5) is 5.69 Å². The van der Waals surface area contributed by atoms with E-state index in [4.69, 9.17) is 11.6 Å². The number of nitrogens with one attached hydrogen (secondary N) is 1. The second-order valence-electron chi connectivity index (χ2n) is 6.91. The predicted molar refractivity (Wildman–Crippen MR) is 104 cm³/mol. The molecule has 0 aliphatic carbocycles. The van der Waals surface area contributed by atoms with Crippen molar-refractivity contribution >= 4 is 29.3 Å². The summed E-state index contributed by atoms with van der Waals surface area (Å²) in [7, 11) is 0. The Kier molecular flexibility index (Phi) is 5.66. The van der Waals surface area contributed by atoms with E-state index in [1.807, 2.05) is 37.3 Å². The first kappa shape index (κ1) is 18.8. The maximum atomic E-state index is 12.4. The quantitative estimate of drug-likeness (QED) is 0.586. The van der Waals surface area contributed by atoms with Gasteiger partial charge in [0.1, 0.15) is 11.6 Å². The van der Waals surface area contributed by atoms with Crippen LogP contribution in [0.3, 0.4) is 0 Å². The summed E-state index contributed by atoms with van der Waals surface area (Å²) in [6, 6.07) is 15.1. The molecule has 0 unspecified atom stereocenters. The lowest BCUT2D eigenvalue weighted by Crippen LogP contribution is -2.14. The first-order valence-corrected chi connectivity index (χ1v) is 8.39. The van der Waals surface area contributed by atoms with Crippen LogP contribution in [0, 0.1) is 18.3 Å². The molecule has 25 heavy (non-hydrogen) atoms. The van der Waals surface area contributed by atoms with E-state index in [-0.39, 0.29) is 11.0 Å². The van der Waals surface area contributed by atoms with E-state index >= 15 is 0 Å². The lowest BCUT2D eigenvalue weighted by Gasteiger charge is -2.18. The number of nitrogens with zero attached hydrogens (tertiary/aromatic N) is 1. The highest BCUT2D eigenvalue weighted by atomic mass is 35.5. The SMILES string of the molecule is Cc1c(Cl)cccc1NC(=O)C(C#N)=Cc1ccc(C(C)(C)C)cc1. The zero-order chi connectivity index (χ0) is 18.6. The predicted octanol–water partition coefficient (Wildman–Crippen LogP) is 5.49. The molecule has 3 nitrogen and oxygen atoms in total. The van der Waals surface area contributed by atoms with Gasteiger partial charge in [-0.1, -0.05) is 62.7 Å². The Hall–Kier alpha value is -2.57. The van der Waals surface area contributed by atoms with E-state index in [1.165, 1.54) is 5.56 Å². The van der Waals surface area contributed by atoms with Crippen LogP contribution in [0.1, 0.15) is 37.5 Å². The Morgan fingerprint density at radius 2 is 1.80 bits per heavy atom. The number of amides is 1. The van der Waals surface area contributed by atoms with Crippen molar-refractivity contribution in [2.24, 2.45) is 0 Å². The molecule has 2 rings (SSSR count). The van der Waals surface area contributed by atoms with Crippen LogP contribution in [0.15, 0.2) is 48.0 Å². The van der Waals surface area contributed by atoms with Crippen molar-refractivity contribution < 1.29 is 4.79 Å². The van der Waals surface area contributed by atoms with Crippen molar-refractivity contribution in [3.63, 3.8) is 0 Å². The molecule has 0 aliphatic heterocycles. The molecule has 0 aliphatic rings. The Morgan fingerprint density at radius 3 is 2.36 bits per heavy atom. The summed E-state index contributed by atoms with van der Waals surface area (Å²) in [6.45, 7) is 8.23. The van der Waals surface area contributed by atoms with Gasteiger partial charge in [0.2, 0.25) is 0 Å². The average Bonchev–Trinajstić information content (AvgIpc) is 2.56. The molecule has 4 heteroatoms. The summed E-state index contributed by atoms with van der Waals surface area (Å²) < 4.78 is 0. The molecule has 1 amide bonds. The van der Waals surface area contributed by atoms with E-state index in [9.17, 15) is 10.1 Å². The minimum Gasteiger partial charge on any atom is -0.321 e.